The SMILES string of the molecule is COc1ccc(N(CC(=O)Nc2ccccc2C(F)(F)F)S(=O)(=O)c2cc(C)ccc2OC)cc1Cl. The molecule has 0 aliphatic rings. The Labute approximate surface area is 211 Å². The molecule has 1 N–H and O–H groups in total. The van der Waals surface area contributed by atoms with Gasteiger partial charge >= 0.3 is 6.18 Å². The van der Waals surface area contributed by atoms with Gasteiger partial charge in [0.05, 0.1) is 36.2 Å². The monoisotopic (exact) mass is 542 g/mol. The van der Waals surface area contributed by atoms with Crippen LogP contribution in [0.2, 0.25) is 5.02 Å². The summed E-state index contributed by atoms with van der Waals surface area (Å²) < 4.78 is 78.7. The number of carbonyl (C=O) groups is 1. The summed E-state index contributed by atoms with van der Waals surface area (Å²) in [7, 11) is -1.79. The minimum atomic E-state index is -4.73. The Kier molecular flexibility index (Phi) is 8.05. The highest BCUT2D eigenvalue weighted by Gasteiger charge is 2.35. The van der Waals surface area contributed by atoms with Crippen molar-refractivity contribution in [2.24, 2.45) is 0 Å². The third-order valence-electron chi connectivity index (χ3n) is 5.10. The van der Waals surface area contributed by atoms with Gasteiger partial charge in [0.1, 0.15) is 22.9 Å². The highest BCUT2D eigenvalue weighted by molar-refractivity contribution is 7.93. The number of methoxy groups -OCH3 is 2. The summed E-state index contributed by atoms with van der Waals surface area (Å²) in [4.78, 5) is 12.7. The zero-order chi connectivity index (χ0) is 26.7. The van der Waals surface area contributed by atoms with Gasteiger partial charge in [0.25, 0.3) is 10.0 Å². The summed E-state index contributed by atoms with van der Waals surface area (Å²) in [5, 5.41) is 2.23. The van der Waals surface area contributed by atoms with Crippen LogP contribution in [0.5, 0.6) is 11.5 Å². The van der Waals surface area contributed by atoms with Crippen molar-refractivity contribution >= 4 is 38.9 Å². The van der Waals surface area contributed by atoms with E-state index in [0.29, 0.717) is 5.56 Å². The van der Waals surface area contributed by atoms with Crippen LogP contribution in [-0.2, 0) is 21.0 Å². The van der Waals surface area contributed by atoms with Crippen molar-refractivity contribution in [3.8, 4) is 11.5 Å². The third kappa shape index (κ3) is 5.85. The third-order valence-corrected chi connectivity index (χ3v) is 7.19. The minimum Gasteiger partial charge on any atom is -0.495 e. The molecule has 0 bridgehead atoms. The van der Waals surface area contributed by atoms with Crippen molar-refractivity contribution in [2.45, 2.75) is 18.0 Å². The second-order valence-corrected chi connectivity index (χ2v) is 9.81. The minimum absolute atomic E-state index is 0.0105. The maximum absolute atomic E-state index is 13.8. The Hall–Kier alpha value is -3.44. The van der Waals surface area contributed by atoms with Crippen LogP contribution >= 0.6 is 11.6 Å². The number of carbonyl (C=O) groups excluding carboxylic acids is 1. The number of halogens is 4. The lowest BCUT2D eigenvalue weighted by Gasteiger charge is -2.26. The van der Waals surface area contributed by atoms with Crippen molar-refractivity contribution in [2.75, 3.05) is 30.4 Å². The molecule has 36 heavy (non-hydrogen) atoms. The van der Waals surface area contributed by atoms with E-state index < -0.39 is 39.9 Å². The first-order chi connectivity index (χ1) is 16.9. The van der Waals surface area contributed by atoms with E-state index in [9.17, 15) is 26.4 Å². The highest BCUT2D eigenvalue weighted by Crippen LogP contribution is 2.36. The van der Waals surface area contributed by atoms with Gasteiger partial charge in [0, 0.05) is 0 Å². The van der Waals surface area contributed by atoms with Crippen molar-refractivity contribution in [3.63, 3.8) is 0 Å². The molecular weight excluding hydrogens is 521 g/mol. The molecule has 3 aromatic carbocycles. The number of amides is 1. The van der Waals surface area contributed by atoms with Gasteiger partial charge in [-0.3, -0.25) is 9.10 Å². The molecule has 0 aliphatic heterocycles. The average molecular weight is 543 g/mol. The van der Waals surface area contributed by atoms with Gasteiger partial charge in [-0.25, -0.2) is 8.42 Å². The van der Waals surface area contributed by atoms with Gasteiger partial charge in [0.15, 0.2) is 0 Å². The molecule has 0 saturated heterocycles. The van der Waals surface area contributed by atoms with Crippen LogP contribution in [0.4, 0.5) is 24.5 Å². The van der Waals surface area contributed by atoms with E-state index >= 15 is 0 Å². The van der Waals surface area contributed by atoms with Crippen LogP contribution in [0.3, 0.4) is 0 Å². The molecule has 0 spiro atoms. The van der Waals surface area contributed by atoms with Crippen molar-refractivity contribution in [1.29, 1.82) is 0 Å². The molecule has 0 aromatic heterocycles. The molecule has 7 nitrogen and oxygen atoms in total. The summed E-state index contributed by atoms with van der Waals surface area (Å²) >= 11 is 6.19. The maximum atomic E-state index is 13.8. The quantitative estimate of drug-likeness (QED) is 0.405. The normalized spacial score (nSPS) is 11.6. The van der Waals surface area contributed by atoms with Gasteiger partial charge in [-0.2, -0.15) is 13.2 Å². The molecule has 1 amide bonds. The number of hydrogen-bond donors (Lipinski definition) is 1. The van der Waals surface area contributed by atoms with Crippen LogP contribution in [0.1, 0.15) is 11.1 Å². The highest BCUT2D eigenvalue weighted by atomic mass is 35.5. The predicted molar refractivity (Wildman–Crippen MR) is 130 cm³/mol. The summed E-state index contributed by atoms with van der Waals surface area (Å²) in [6.45, 7) is 0.822. The zero-order valence-electron chi connectivity index (χ0n) is 19.4. The van der Waals surface area contributed by atoms with E-state index in [-0.39, 0.29) is 27.1 Å². The topological polar surface area (TPSA) is 84.9 Å². The average Bonchev–Trinajstić information content (AvgIpc) is 2.82. The second-order valence-electron chi connectivity index (χ2n) is 7.58. The largest absolute Gasteiger partial charge is 0.495 e. The van der Waals surface area contributed by atoms with Crippen molar-refractivity contribution in [1.82, 2.24) is 0 Å². The molecular formula is C24H22ClF3N2O5S. The molecule has 0 atom stereocenters. The molecule has 0 radical (unpaired) electrons. The van der Waals surface area contributed by atoms with E-state index in [4.69, 9.17) is 21.1 Å². The number of alkyl halides is 3. The molecule has 3 rings (SSSR count). The number of hydrogen-bond acceptors (Lipinski definition) is 5. The Balaban J connectivity index is 2.08. The fourth-order valence-corrected chi connectivity index (χ4v) is 5.30. The van der Waals surface area contributed by atoms with Gasteiger partial charge < -0.3 is 14.8 Å². The lowest BCUT2D eigenvalue weighted by molar-refractivity contribution is -0.137. The molecule has 12 heteroatoms. The molecule has 0 saturated carbocycles. The van der Waals surface area contributed by atoms with Crippen LogP contribution < -0.4 is 19.1 Å². The number of para-hydroxylation sites is 1. The Bertz CT molecular complexity index is 1380. The lowest BCUT2D eigenvalue weighted by Crippen LogP contribution is -2.38. The van der Waals surface area contributed by atoms with Gasteiger partial charge in [0.2, 0.25) is 5.91 Å². The maximum Gasteiger partial charge on any atom is 0.418 e. The summed E-state index contributed by atoms with van der Waals surface area (Å²) in [6.07, 6.45) is -4.73. The first-order valence-electron chi connectivity index (χ1n) is 10.4. The summed E-state index contributed by atoms with van der Waals surface area (Å²) in [5.74, 6) is -0.726. The Morgan fingerprint density at radius 1 is 1.00 bits per heavy atom. The van der Waals surface area contributed by atoms with Crippen LogP contribution in [-0.4, -0.2) is 35.1 Å². The molecule has 3 aromatic rings. The van der Waals surface area contributed by atoms with Gasteiger partial charge in [-0.15, -0.1) is 0 Å². The molecule has 0 aliphatic carbocycles. The molecule has 192 valence electrons. The van der Waals surface area contributed by atoms with Crippen LogP contribution in [0.15, 0.2) is 65.6 Å². The van der Waals surface area contributed by atoms with Gasteiger partial charge in [-0.1, -0.05) is 29.8 Å². The molecule has 0 heterocycles. The van der Waals surface area contributed by atoms with Crippen molar-refractivity contribution in [3.05, 3.63) is 76.8 Å². The zero-order valence-corrected chi connectivity index (χ0v) is 21.0. The number of anilines is 2. The standard InChI is InChI=1S/C24H22ClF3N2O5S/c1-15-8-10-21(35-3)22(12-15)36(32,33)30(16-9-11-20(34-2)18(25)13-16)14-23(31)29-19-7-5-4-6-17(19)24(26,27)28/h4-13H,14H2,1-3H3,(H,29,31). The number of sulfonamides is 1. The number of nitrogens with zero attached hydrogens (tertiary/aromatic N) is 1. The van der Waals surface area contributed by atoms with E-state index in [1.54, 1.807) is 13.0 Å². The summed E-state index contributed by atoms with van der Waals surface area (Å²) in [6, 6.07) is 12.9. The van der Waals surface area contributed by atoms with Gasteiger partial charge in [-0.05, 0) is 55.0 Å². The second kappa shape index (κ2) is 10.7. The fourth-order valence-electron chi connectivity index (χ4n) is 3.39. The number of rotatable bonds is 8. The summed E-state index contributed by atoms with van der Waals surface area (Å²) in [5.41, 5.74) is -0.983. The predicted octanol–water partition coefficient (Wildman–Crippen LogP) is 5.52. The fraction of sp³-hybridized carbons (Fsp3) is 0.208. The number of ether oxygens (including phenoxy) is 2. The smallest absolute Gasteiger partial charge is 0.418 e. The Morgan fingerprint density at radius 2 is 1.64 bits per heavy atom. The van der Waals surface area contributed by atoms with E-state index in [2.05, 4.69) is 5.32 Å². The number of aryl methyl sites for hydroxylation is 1. The number of nitrogens with one attached hydrogen (secondary N) is 1. The first-order valence-corrected chi connectivity index (χ1v) is 12.2. The lowest BCUT2D eigenvalue weighted by atomic mass is 10.1. The van der Waals surface area contributed by atoms with E-state index in [1.165, 1.54) is 56.7 Å². The van der Waals surface area contributed by atoms with Crippen molar-refractivity contribution < 1.29 is 35.9 Å². The molecule has 0 fully saturated rings. The van der Waals surface area contributed by atoms with E-state index in [1.807, 2.05) is 0 Å². The molecule has 0 unspecified atom stereocenters. The van der Waals surface area contributed by atoms with Crippen LogP contribution in [0, 0.1) is 6.92 Å². The Morgan fingerprint density at radius 3 is 2.25 bits per heavy atom. The first kappa shape index (κ1) is 27.2. The van der Waals surface area contributed by atoms with E-state index in [0.717, 1.165) is 16.4 Å². The van der Waals surface area contributed by atoms with Crippen LogP contribution in [0.25, 0.3) is 0 Å². The number of benzene rings is 3.